The molecule has 2 aromatic heterocycles. The predicted octanol–water partition coefficient (Wildman–Crippen LogP) is 3.20. The number of carbonyl (C=O) groups excluding carboxylic acids is 1. The Bertz CT molecular complexity index is 1410. The molecule has 2 atom stereocenters. The van der Waals surface area contributed by atoms with Crippen LogP contribution in [0.2, 0.25) is 0 Å². The maximum atomic E-state index is 14.8. The van der Waals surface area contributed by atoms with Gasteiger partial charge in [0.15, 0.2) is 5.60 Å². The van der Waals surface area contributed by atoms with Crippen molar-refractivity contribution in [2.75, 3.05) is 0 Å². The minimum absolute atomic E-state index is 0.0764. The molecule has 3 N–H and O–H groups in total. The second kappa shape index (κ2) is 7.99. The summed E-state index contributed by atoms with van der Waals surface area (Å²) in [6.45, 7) is 5.54. The molecule has 0 bridgehead atoms. The summed E-state index contributed by atoms with van der Waals surface area (Å²) in [7, 11) is 0. The molecule has 0 aliphatic carbocycles. The zero-order valence-electron chi connectivity index (χ0n) is 19.6. The number of cyclic esters (lactones) is 1. The molecule has 0 saturated heterocycles. The number of fused-ring (bicyclic) bond motifs is 5. The largest absolute Gasteiger partial charge is 0.458 e. The van der Waals surface area contributed by atoms with E-state index in [2.05, 4.69) is 0 Å². The van der Waals surface area contributed by atoms with E-state index in [1.807, 2.05) is 13.0 Å². The summed E-state index contributed by atoms with van der Waals surface area (Å²) < 4.78 is 21.5. The topological polar surface area (TPSA) is 107 Å². The van der Waals surface area contributed by atoms with Crippen molar-refractivity contribution >= 4 is 16.9 Å². The lowest BCUT2D eigenvalue weighted by Gasteiger charge is -2.31. The van der Waals surface area contributed by atoms with Crippen molar-refractivity contribution < 1.29 is 19.0 Å². The van der Waals surface area contributed by atoms with Gasteiger partial charge in [0.25, 0.3) is 5.56 Å². The average molecular weight is 466 g/mol. The molecule has 8 heteroatoms. The van der Waals surface area contributed by atoms with Gasteiger partial charge in [0.1, 0.15) is 12.4 Å². The molecule has 0 amide bonds. The average Bonchev–Trinajstić information content (AvgIpc) is 3.16. The minimum Gasteiger partial charge on any atom is -0.458 e. The molecule has 3 aromatic rings. The van der Waals surface area contributed by atoms with Gasteiger partial charge in [-0.05, 0) is 62.8 Å². The van der Waals surface area contributed by atoms with Crippen molar-refractivity contribution in [3.8, 4) is 11.4 Å². The molecule has 0 spiro atoms. The number of aromatic nitrogens is 2. The molecule has 7 nitrogen and oxygen atoms in total. The van der Waals surface area contributed by atoms with Crippen LogP contribution in [0.25, 0.3) is 22.3 Å². The molecule has 0 unspecified atom stereocenters. The zero-order valence-corrected chi connectivity index (χ0v) is 19.6. The van der Waals surface area contributed by atoms with E-state index in [1.165, 1.54) is 6.07 Å². The third-order valence-electron chi connectivity index (χ3n) is 7.23. The highest BCUT2D eigenvalue weighted by molar-refractivity contribution is 5.88. The summed E-state index contributed by atoms with van der Waals surface area (Å²) in [5.41, 5.74) is 8.21. The Labute approximate surface area is 196 Å². The number of nitrogens with two attached hydrogens (primary N) is 1. The molecular formula is C26H28FN3O4. The molecule has 178 valence electrons. The van der Waals surface area contributed by atoms with Gasteiger partial charge in [-0.25, -0.2) is 14.2 Å². The number of ether oxygens (including phenoxy) is 1. The lowest BCUT2D eigenvalue weighted by Crippen LogP contribution is -2.44. The molecule has 0 saturated carbocycles. The Morgan fingerprint density at radius 2 is 2.09 bits per heavy atom. The Morgan fingerprint density at radius 3 is 2.79 bits per heavy atom. The SMILES string of the molecule is CC[C@@]1(O)C(=O)OCc2c1cc1n(c2=O)Cc2cc3c(CCC[C@H](C)N)c(C)c(F)cc3nc2-1. The molecule has 0 radical (unpaired) electrons. The molecule has 1 aromatic carbocycles. The van der Waals surface area contributed by atoms with Crippen molar-refractivity contribution in [2.24, 2.45) is 5.73 Å². The van der Waals surface area contributed by atoms with E-state index < -0.39 is 11.6 Å². The second-order valence-electron chi connectivity index (χ2n) is 9.50. The van der Waals surface area contributed by atoms with Gasteiger partial charge in [0.2, 0.25) is 0 Å². The Kier molecular flexibility index (Phi) is 5.33. The zero-order chi connectivity index (χ0) is 24.4. The number of esters is 1. The maximum Gasteiger partial charge on any atom is 0.343 e. The van der Waals surface area contributed by atoms with E-state index in [0.717, 1.165) is 29.4 Å². The lowest BCUT2D eigenvalue weighted by atomic mass is 9.86. The third-order valence-corrected chi connectivity index (χ3v) is 7.23. The normalized spacial score (nSPS) is 19.5. The quantitative estimate of drug-likeness (QED) is 0.439. The Hall–Kier alpha value is -3.10. The number of nitrogens with zero attached hydrogens (tertiary/aromatic N) is 2. The van der Waals surface area contributed by atoms with Crippen LogP contribution in [0.4, 0.5) is 4.39 Å². The van der Waals surface area contributed by atoms with Gasteiger partial charge in [-0.3, -0.25) is 4.79 Å². The van der Waals surface area contributed by atoms with Gasteiger partial charge in [-0.1, -0.05) is 6.92 Å². The summed E-state index contributed by atoms with van der Waals surface area (Å²) >= 11 is 0. The first kappa shape index (κ1) is 22.7. The molecule has 5 rings (SSSR count). The molecule has 0 fully saturated rings. The predicted molar refractivity (Wildman–Crippen MR) is 126 cm³/mol. The smallest absolute Gasteiger partial charge is 0.343 e. The van der Waals surface area contributed by atoms with Crippen molar-refractivity contribution in [3.63, 3.8) is 0 Å². The minimum atomic E-state index is -1.88. The highest BCUT2D eigenvalue weighted by atomic mass is 19.1. The van der Waals surface area contributed by atoms with Gasteiger partial charge >= 0.3 is 5.97 Å². The fourth-order valence-corrected chi connectivity index (χ4v) is 5.18. The van der Waals surface area contributed by atoms with Crippen LogP contribution < -0.4 is 11.3 Å². The van der Waals surface area contributed by atoms with Crippen LogP contribution >= 0.6 is 0 Å². The summed E-state index contributed by atoms with van der Waals surface area (Å²) in [5, 5.41) is 11.9. The lowest BCUT2D eigenvalue weighted by molar-refractivity contribution is -0.172. The van der Waals surface area contributed by atoms with Crippen LogP contribution in [0.1, 0.15) is 60.9 Å². The van der Waals surface area contributed by atoms with Crippen LogP contribution in [0.3, 0.4) is 0 Å². The van der Waals surface area contributed by atoms with Gasteiger partial charge in [0.05, 0.1) is 29.0 Å². The fourth-order valence-electron chi connectivity index (χ4n) is 5.18. The first-order chi connectivity index (χ1) is 16.2. The number of benzene rings is 1. The summed E-state index contributed by atoms with van der Waals surface area (Å²) in [6.07, 6.45) is 2.44. The number of hydrogen-bond acceptors (Lipinski definition) is 6. The first-order valence-electron chi connectivity index (χ1n) is 11.7. The first-order valence-corrected chi connectivity index (χ1v) is 11.7. The van der Waals surface area contributed by atoms with Crippen LogP contribution in [0.15, 0.2) is 23.0 Å². The number of aryl methyl sites for hydroxylation is 1. The summed E-state index contributed by atoms with van der Waals surface area (Å²) in [5.74, 6) is -1.08. The second-order valence-corrected chi connectivity index (χ2v) is 9.50. The van der Waals surface area contributed by atoms with Crippen molar-refractivity contribution in [3.05, 3.63) is 62.2 Å². The molecular weight excluding hydrogens is 437 g/mol. The van der Waals surface area contributed by atoms with Crippen LogP contribution in [-0.4, -0.2) is 26.7 Å². The van der Waals surface area contributed by atoms with E-state index in [0.29, 0.717) is 35.4 Å². The van der Waals surface area contributed by atoms with E-state index in [1.54, 1.807) is 24.5 Å². The number of hydrogen-bond donors (Lipinski definition) is 2. The van der Waals surface area contributed by atoms with Crippen molar-refractivity contribution in [1.82, 2.24) is 9.55 Å². The van der Waals surface area contributed by atoms with E-state index in [-0.39, 0.29) is 41.6 Å². The Balaban J connectivity index is 1.68. The van der Waals surface area contributed by atoms with Crippen molar-refractivity contribution in [2.45, 2.75) is 71.2 Å². The monoisotopic (exact) mass is 465 g/mol. The third kappa shape index (κ3) is 3.27. The maximum absolute atomic E-state index is 14.8. The van der Waals surface area contributed by atoms with E-state index in [9.17, 15) is 19.1 Å². The summed E-state index contributed by atoms with van der Waals surface area (Å²) in [4.78, 5) is 30.4. The van der Waals surface area contributed by atoms with E-state index >= 15 is 0 Å². The molecule has 4 heterocycles. The number of pyridine rings is 2. The van der Waals surface area contributed by atoms with Crippen LogP contribution in [0.5, 0.6) is 0 Å². The van der Waals surface area contributed by atoms with Gasteiger partial charge in [-0.15, -0.1) is 0 Å². The van der Waals surface area contributed by atoms with E-state index in [4.69, 9.17) is 15.5 Å². The summed E-state index contributed by atoms with van der Waals surface area (Å²) in [6, 6.07) is 5.16. The molecule has 2 aliphatic heterocycles. The highest BCUT2D eigenvalue weighted by Gasteiger charge is 2.45. The van der Waals surface area contributed by atoms with Crippen molar-refractivity contribution in [1.29, 1.82) is 0 Å². The Morgan fingerprint density at radius 1 is 1.32 bits per heavy atom. The number of halogens is 1. The highest BCUT2D eigenvalue weighted by Crippen LogP contribution is 2.39. The molecule has 2 aliphatic rings. The fraction of sp³-hybridized carbons (Fsp3) is 0.423. The van der Waals surface area contributed by atoms with Crippen LogP contribution in [-0.2, 0) is 34.7 Å². The number of rotatable bonds is 5. The van der Waals surface area contributed by atoms with Crippen LogP contribution in [0, 0.1) is 12.7 Å². The molecule has 34 heavy (non-hydrogen) atoms. The van der Waals surface area contributed by atoms with Gasteiger partial charge in [0, 0.05) is 28.6 Å². The van der Waals surface area contributed by atoms with Gasteiger partial charge < -0.3 is 20.1 Å². The number of carbonyl (C=O) groups is 1. The number of aliphatic hydroxyl groups is 1. The standard InChI is InChI=1S/C26H28FN3O4/c1-4-26(33)19-9-22-23-15(11-30(22)24(31)18(19)12-34-25(26)32)8-17-16(7-5-6-13(2)28)14(3)20(27)10-21(17)29-23/h8-10,13,33H,4-7,11-12,28H2,1-3H3/t13-,26-/m0/s1. The van der Waals surface area contributed by atoms with Gasteiger partial charge in [-0.2, -0.15) is 0 Å².